The standard InChI is InChI=1S/C10H19NO.C3H5NO/c1-4-6-7-8-9-11(3)10(12)5-2;1-2-3(4)5/h5H,2,4,6-9H2,1,3H3;2H,1H2,(H2,4,5). The number of likely N-dealkylation sites (N-methyl/N-ethyl adjacent to an activating group) is 1. The first kappa shape index (κ1) is 17.8. The molecule has 0 aliphatic carbocycles. The normalized spacial score (nSPS) is 8.59. The molecule has 0 aromatic carbocycles. The van der Waals surface area contributed by atoms with E-state index in [1.807, 2.05) is 7.05 Å². The van der Waals surface area contributed by atoms with E-state index in [-0.39, 0.29) is 5.91 Å². The molecule has 0 atom stereocenters. The van der Waals surface area contributed by atoms with Crippen LogP contribution in [0.5, 0.6) is 0 Å². The van der Waals surface area contributed by atoms with Crippen LogP contribution in [0.4, 0.5) is 0 Å². The monoisotopic (exact) mass is 240 g/mol. The number of nitrogens with zero attached hydrogens (tertiary/aromatic N) is 1. The first-order valence-electron chi connectivity index (χ1n) is 5.78. The third-order valence-corrected chi connectivity index (χ3v) is 2.10. The van der Waals surface area contributed by atoms with Crippen molar-refractivity contribution in [3.05, 3.63) is 25.3 Å². The van der Waals surface area contributed by atoms with E-state index in [0.717, 1.165) is 19.0 Å². The molecular formula is C13H24N2O2. The highest BCUT2D eigenvalue weighted by atomic mass is 16.2. The summed E-state index contributed by atoms with van der Waals surface area (Å²) in [7, 11) is 1.82. The minimum Gasteiger partial charge on any atom is -0.366 e. The quantitative estimate of drug-likeness (QED) is 0.545. The summed E-state index contributed by atoms with van der Waals surface area (Å²) in [5, 5.41) is 0. The third-order valence-electron chi connectivity index (χ3n) is 2.10. The van der Waals surface area contributed by atoms with Gasteiger partial charge in [-0.2, -0.15) is 0 Å². The lowest BCUT2D eigenvalue weighted by Crippen LogP contribution is -2.25. The van der Waals surface area contributed by atoms with Gasteiger partial charge in [0, 0.05) is 13.6 Å². The van der Waals surface area contributed by atoms with Crippen LogP contribution in [0.3, 0.4) is 0 Å². The van der Waals surface area contributed by atoms with Gasteiger partial charge < -0.3 is 10.6 Å². The molecule has 2 amide bonds. The number of primary amides is 1. The van der Waals surface area contributed by atoms with E-state index in [1.165, 1.54) is 25.3 Å². The van der Waals surface area contributed by atoms with Gasteiger partial charge in [0.2, 0.25) is 11.8 Å². The van der Waals surface area contributed by atoms with E-state index >= 15 is 0 Å². The summed E-state index contributed by atoms with van der Waals surface area (Å²) >= 11 is 0. The van der Waals surface area contributed by atoms with E-state index < -0.39 is 5.91 Å². The minimum atomic E-state index is -0.481. The van der Waals surface area contributed by atoms with Gasteiger partial charge in [0.15, 0.2) is 0 Å². The van der Waals surface area contributed by atoms with Gasteiger partial charge in [0.25, 0.3) is 0 Å². The zero-order valence-corrected chi connectivity index (χ0v) is 10.9. The molecule has 4 nitrogen and oxygen atoms in total. The second-order valence-electron chi connectivity index (χ2n) is 3.63. The second kappa shape index (κ2) is 12.5. The predicted molar refractivity (Wildman–Crippen MR) is 71.4 cm³/mol. The fraction of sp³-hybridized carbons (Fsp3) is 0.538. The van der Waals surface area contributed by atoms with Crippen LogP contribution >= 0.6 is 0 Å². The maximum atomic E-state index is 11.0. The Morgan fingerprint density at radius 2 is 1.71 bits per heavy atom. The van der Waals surface area contributed by atoms with Crippen molar-refractivity contribution in [2.24, 2.45) is 5.73 Å². The lowest BCUT2D eigenvalue weighted by Gasteiger charge is -2.14. The van der Waals surface area contributed by atoms with Crippen molar-refractivity contribution >= 4 is 11.8 Å². The van der Waals surface area contributed by atoms with Crippen molar-refractivity contribution in [3.63, 3.8) is 0 Å². The summed E-state index contributed by atoms with van der Waals surface area (Å²) in [6.07, 6.45) is 7.23. The molecule has 0 aromatic rings. The molecule has 0 fully saturated rings. The molecule has 17 heavy (non-hydrogen) atoms. The zero-order valence-electron chi connectivity index (χ0n) is 10.9. The van der Waals surface area contributed by atoms with Gasteiger partial charge in [-0.15, -0.1) is 0 Å². The van der Waals surface area contributed by atoms with Crippen molar-refractivity contribution < 1.29 is 9.59 Å². The Kier molecular flexibility index (Phi) is 13.1. The highest BCUT2D eigenvalue weighted by Gasteiger charge is 2.01. The van der Waals surface area contributed by atoms with Crippen molar-refractivity contribution in [3.8, 4) is 0 Å². The highest BCUT2D eigenvalue weighted by Crippen LogP contribution is 2.00. The molecular weight excluding hydrogens is 216 g/mol. The first-order valence-corrected chi connectivity index (χ1v) is 5.78. The van der Waals surface area contributed by atoms with Crippen molar-refractivity contribution in [2.45, 2.75) is 32.6 Å². The molecule has 0 heterocycles. The van der Waals surface area contributed by atoms with E-state index in [4.69, 9.17) is 0 Å². The molecule has 0 rings (SSSR count). The molecule has 0 bridgehead atoms. The van der Waals surface area contributed by atoms with Crippen LogP contribution in [0.2, 0.25) is 0 Å². The van der Waals surface area contributed by atoms with E-state index in [1.54, 1.807) is 4.90 Å². The molecule has 0 aliphatic rings. The first-order chi connectivity index (χ1) is 7.99. The summed E-state index contributed by atoms with van der Waals surface area (Å²) in [5.74, 6) is -0.462. The topological polar surface area (TPSA) is 63.4 Å². The van der Waals surface area contributed by atoms with Crippen LogP contribution in [0, 0.1) is 0 Å². The van der Waals surface area contributed by atoms with Gasteiger partial charge in [-0.05, 0) is 18.6 Å². The van der Waals surface area contributed by atoms with Crippen LogP contribution in [0.25, 0.3) is 0 Å². The Morgan fingerprint density at radius 3 is 2.06 bits per heavy atom. The molecule has 0 aromatic heterocycles. The van der Waals surface area contributed by atoms with Gasteiger partial charge >= 0.3 is 0 Å². The lowest BCUT2D eigenvalue weighted by molar-refractivity contribution is -0.124. The summed E-state index contributed by atoms with van der Waals surface area (Å²) < 4.78 is 0. The Balaban J connectivity index is 0. The number of carbonyl (C=O) groups excluding carboxylic acids is 2. The van der Waals surface area contributed by atoms with Crippen LogP contribution in [-0.2, 0) is 9.59 Å². The molecule has 0 aliphatic heterocycles. The van der Waals surface area contributed by atoms with Crippen molar-refractivity contribution in [2.75, 3.05) is 13.6 Å². The fourth-order valence-electron chi connectivity index (χ4n) is 1.04. The summed E-state index contributed by atoms with van der Waals surface area (Å²) in [4.78, 5) is 22.2. The fourth-order valence-corrected chi connectivity index (χ4v) is 1.04. The molecule has 2 N–H and O–H groups in total. The zero-order chi connectivity index (χ0) is 13.7. The summed E-state index contributed by atoms with van der Waals surface area (Å²) in [5.41, 5.74) is 4.53. The number of carbonyl (C=O) groups is 2. The van der Waals surface area contributed by atoms with Crippen LogP contribution in [0.15, 0.2) is 25.3 Å². The average molecular weight is 240 g/mol. The SMILES string of the molecule is C=CC(=O)N(C)CCCCCC.C=CC(N)=O. The van der Waals surface area contributed by atoms with Crippen molar-refractivity contribution in [1.29, 1.82) is 0 Å². The summed E-state index contributed by atoms with van der Waals surface area (Å²) in [6, 6.07) is 0. The summed E-state index contributed by atoms with van der Waals surface area (Å²) in [6.45, 7) is 9.55. The Labute approximate surface area is 104 Å². The molecule has 0 radical (unpaired) electrons. The Bertz CT molecular complexity index is 250. The highest BCUT2D eigenvalue weighted by molar-refractivity contribution is 5.86. The van der Waals surface area contributed by atoms with Crippen LogP contribution in [0.1, 0.15) is 32.6 Å². The van der Waals surface area contributed by atoms with Crippen LogP contribution in [-0.4, -0.2) is 30.3 Å². The Morgan fingerprint density at radius 1 is 1.18 bits per heavy atom. The average Bonchev–Trinajstić information content (AvgIpc) is 2.33. The van der Waals surface area contributed by atoms with Gasteiger partial charge in [0.1, 0.15) is 0 Å². The maximum Gasteiger partial charge on any atom is 0.245 e. The van der Waals surface area contributed by atoms with Crippen molar-refractivity contribution in [1.82, 2.24) is 4.90 Å². The predicted octanol–water partition coefficient (Wildman–Crippen LogP) is 1.87. The number of hydrogen-bond donors (Lipinski definition) is 1. The van der Waals surface area contributed by atoms with Gasteiger partial charge in [0.05, 0.1) is 0 Å². The minimum absolute atomic E-state index is 0.0199. The number of hydrogen-bond acceptors (Lipinski definition) is 2. The van der Waals surface area contributed by atoms with Gasteiger partial charge in [-0.25, -0.2) is 0 Å². The maximum absolute atomic E-state index is 11.0. The molecule has 0 unspecified atom stereocenters. The number of unbranched alkanes of at least 4 members (excludes halogenated alkanes) is 3. The second-order valence-corrected chi connectivity index (χ2v) is 3.63. The van der Waals surface area contributed by atoms with Crippen LogP contribution < -0.4 is 5.73 Å². The number of nitrogens with two attached hydrogens (primary N) is 1. The molecule has 98 valence electrons. The van der Waals surface area contributed by atoms with E-state index in [9.17, 15) is 9.59 Å². The largest absolute Gasteiger partial charge is 0.366 e. The number of rotatable bonds is 7. The van der Waals surface area contributed by atoms with E-state index in [2.05, 4.69) is 25.8 Å². The molecule has 0 saturated heterocycles. The molecule has 0 spiro atoms. The van der Waals surface area contributed by atoms with Gasteiger partial charge in [-0.3, -0.25) is 9.59 Å². The Hall–Kier alpha value is -1.58. The molecule has 0 saturated carbocycles. The van der Waals surface area contributed by atoms with E-state index in [0.29, 0.717) is 0 Å². The molecule has 4 heteroatoms. The lowest BCUT2D eigenvalue weighted by atomic mass is 10.2. The number of amides is 2. The smallest absolute Gasteiger partial charge is 0.245 e. The van der Waals surface area contributed by atoms with Gasteiger partial charge in [-0.1, -0.05) is 39.3 Å². The third kappa shape index (κ3) is 14.4.